The quantitative estimate of drug-likeness (QED) is 0.791. The van der Waals surface area contributed by atoms with Crippen molar-refractivity contribution in [3.63, 3.8) is 0 Å². The van der Waals surface area contributed by atoms with Crippen LogP contribution >= 0.6 is 15.9 Å². The average molecular weight is 276 g/mol. The van der Waals surface area contributed by atoms with Gasteiger partial charge in [0.05, 0.1) is 10.2 Å². The number of nitrogens with one attached hydrogen (secondary N) is 1. The van der Waals surface area contributed by atoms with Crippen LogP contribution in [-0.2, 0) is 7.05 Å². The first kappa shape index (κ1) is 12.2. The molecule has 1 heterocycles. The summed E-state index contributed by atoms with van der Waals surface area (Å²) in [4.78, 5) is 11.6. The van der Waals surface area contributed by atoms with Gasteiger partial charge in [0.2, 0.25) is 0 Å². The van der Waals surface area contributed by atoms with E-state index in [1.54, 1.807) is 11.7 Å². The van der Waals surface area contributed by atoms with E-state index in [0.29, 0.717) is 23.1 Å². The highest BCUT2D eigenvalue weighted by Crippen LogP contribution is 2.19. The summed E-state index contributed by atoms with van der Waals surface area (Å²) in [5, 5.41) is 15.3. The predicted molar refractivity (Wildman–Crippen MR) is 59.7 cm³/mol. The van der Waals surface area contributed by atoms with Crippen molar-refractivity contribution in [1.82, 2.24) is 15.1 Å². The van der Waals surface area contributed by atoms with Crippen LogP contribution in [-0.4, -0.2) is 33.9 Å². The van der Waals surface area contributed by atoms with E-state index in [1.165, 1.54) is 0 Å². The summed E-state index contributed by atoms with van der Waals surface area (Å²) < 4.78 is 2.36. The standard InChI is InChI=1S/C9H14BrN3O2/c1-6-7(10)8(12-13(6)2)9(15)11-4-3-5-14/h14H,3-5H2,1-2H3,(H,11,15). The Morgan fingerprint density at radius 3 is 2.80 bits per heavy atom. The Morgan fingerprint density at radius 2 is 2.33 bits per heavy atom. The largest absolute Gasteiger partial charge is 0.396 e. The third-order valence-corrected chi connectivity index (χ3v) is 3.05. The number of aryl methyl sites for hydroxylation is 1. The monoisotopic (exact) mass is 275 g/mol. The average Bonchev–Trinajstić information content (AvgIpc) is 2.46. The molecule has 0 aromatic carbocycles. The molecule has 0 aliphatic carbocycles. The van der Waals surface area contributed by atoms with Crippen LogP contribution in [0.5, 0.6) is 0 Å². The Labute approximate surface area is 96.6 Å². The molecule has 0 aliphatic heterocycles. The maximum Gasteiger partial charge on any atom is 0.272 e. The van der Waals surface area contributed by atoms with E-state index in [4.69, 9.17) is 5.11 Å². The van der Waals surface area contributed by atoms with Gasteiger partial charge in [-0.05, 0) is 29.3 Å². The summed E-state index contributed by atoms with van der Waals surface area (Å²) in [6, 6.07) is 0. The molecule has 0 atom stereocenters. The second-order valence-electron chi connectivity index (χ2n) is 3.20. The molecular formula is C9H14BrN3O2. The number of aliphatic hydroxyl groups excluding tert-OH is 1. The van der Waals surface area contributed by atoms with Crippen LogP contribution in [0.15, 0.2) is 4.47 Å². The summed E-state index contributed by atoms with van der Waals surface area (Å²) in [6.07, 6.45) is 0.551. The van der Waals surface area contributed by atoms with E-state index in [2.05, 4.69) is 26.3 Å². The fourth-order valence-electron chi connectivity index (χ4n) is 1.09. The van der Waals surface area contributed by atoms with Gasteiger partial charge in [-0.1, -0.05) is 0 Å². The van der Waals surface area contributed by atoms with Crippen LogP contribution < -0.4 is 5.32 Å². The lowest BCUT2D eigenvalue weighted by Crippen LogP contribution is -2.25. The Balaban J connectivity index is 2.70. The number of hydrogen-bond acceptors (Lipinski definition) is 3. The van der Waals surface area contributed by atoms with Crippen LogP contribution in [0.2, 0.25) is 0 Å². The molecule has 0 spiro atoms. The number of carbonyl (C=O) groups is 1. The van der Waals surface area contributed by atoms with E-state index in [1.807, 2.05) is 6.92 Å². The summed E-state index contributed by atoms with van der Waals surface area (Å²) in [6.45, 7) is 2.40. The molecule has 0 saturated carbocycles. The molecule has 5 nitrogen and oxygen atoms in total. The van der Waals surface area contributed by atoms with Gasteiger partial charge in [-0.25, -0.2) is 0 Å². The van der Waals surface area contributed by atoms with Crippen molar-refractivity contribution in [3.8, 4) is 0 Å². The van der Waals surface area contributed by atoms with Gasteiger partial charge in [0.25, 0.3) is 5.91 Å². The minimum Gasteiger partial charge on any atom is -0.396 e. The highest BCUT2D eigenvalue weighted by atomic mass is 79.9. The molecule has 0 unspecified atom stereocenters. The highest BCUT2D eigenvalue weighted by Gasteiger charge is 2.16. The zero-order valence-electron chi connectivity index (χ0n) is 8.75. The van der Waals surface area contributed by atoms with Crippen molar-refractivity contribution >= 4 is 21.8 Å². The van der Waals surface area contributed by atoms with E-state index in [0.717, 1.165) is 5.69 Å². The van der Waals surface area contributed by atoms with Crippen LogP contribution in [0.3, 0.4) is 0 Å². The Kier molecular flexibility index (Phi) is 4.28. The van der Waals surface area contributed by atoms with E-state index in [9.17, 15) is 4.79 Å². The van der Waals surface area contributed by atoms with Crippen LogP contribution in [0.25, 0.3) is 0 Å². The number of rotatable bonds is 4. The van der Waals surface area contributed by atoms with Gasteiger partial charge in [0.1, 0.15) is 0 Å². The summed E-state index contributed by atoms with van der Waals surface area (Å²) >= 11 is 3.32. The van der Waals surface area contributed by atoms with Gasteiger partial charge in [0, 0.05) is 20.2 Å². The van der Waals surface area contributed by atoms with Gasteiger partial charge < -0.3 is 10.4 Å². The topological polar surface area (TPSA) is 67.2 Å². The Hall–Kier alpha value is -0.880. The Bertz CT molecular complexity index is 362. The second-order valence-corrected chi connectivity index (χ2v) is 4.00. The highest BCUT2D eigenvalue weighted by molar-refractivity contribution is 9.10. The van der Waals surface area contributed by atoms with Crippen LogP contribution in [0.4, 0.5) is 0 Å². The lowest BCUT2D eigenvalue weighted by atomic mass is 10.3. The number of aromatic nitrogens is 2. The zero-order chi connectivity index (χ0) is 11.4. The van der Waals surface area contributed by atoms with Gasteiger partial charge in [-0.2, -0.15) is 5.10 Å². The molecule has 1 aromatic rings. The molecule has 15 heavy (non-hydrogen) atoms. The molecular weight excluding hydrogens is 262 g/mol. The second kappa shape index (κ2) is 5.27. The number of aliphatic hydroxyl groups is 1. The lowest BCUT2D eigenvalue weighted by Gasteiger charge is -2.00. The molecule has 0 fully saturated rings. The summed E-state index contributed by atoms with van der Waals surface area (Å²) in [5.41, 5.74) is 1.29. The van der Waals surface area contributed by atoms with Crippen molar-refractivity contribution in [2.75, 3.05) is 13.2 Å². The normalized spacial score (nSPS) is 10.4. The lowest BCUT2D eigenvalue weighted by molar-refractivity contribution is 0.0944. The number of hydrogen-bond donors (Lipinski definition) is 2. The number of nitrogens with zero attached hydrogens (tertiary/aromatic N) is 2. The number of carbonyl (C=O) groups excluding carboxylic acids is 1. The molecule has 2 N–H and O–H groups in total. The molecule has 84 valence electrons. The molecule has 1 rings (SSSR count). The Morgan fingerprint density at radius 1 is 1.67 bits per heavy atom. The van der Waals surface area contributed by atoms with Crippen molar-refractivity contribution in [3.05, 3.63) is 15.9 Å². The maximum atomic E-state index is 11.6. The van der Waals surface area contributed by atoms with Crippen LogP contribution in [0, 0.1) is 6.92 Å². The van der Waals surface area contributed by atoms with Gasteiger partial charge in [-0.3, -0.25) is 9.48 Å². The molecule has 6 heteroatoms. The SMILES string of the molecule is Cc1c(Br)c(C(=O)NCCCO)nn1C. The summed E-state index contributed by atoms with van der Waals surface area (Å²) in [7, 11) is 1.78. The molecule has 0 radical (unpaired) electrons. The smallest absolute Gasteiger partial charge is 0.272 e. The van der Waals surface area contributed by atoms with Crippen molar-refractivity contribution in [2.24, 2.45) is 7.05 Å². The summed E-state index contributed by atoms with van der Waals surface area (Å²) in [5.74, 6) is -0.223. The zero-order valence-corrected chi connectivity index (χ0v) is 10.3. The first-order chi connectivity index (χ1) is 7.07. The molecule has 0 aliphatic rings. The number of amides is 1. The minimum absolute atomic E-state index is 0.0721. The van der Waals surface area contributed by atoms with E-state index < -0.39 is 0 Å². The molecule has 1 amide bonds. The fraction of sp³-hybridized carbons (Fsp3) is 0.556. The van der Waals surface area contributed by atoms with Crippen molar-refractivity contribution in [1.29, 1.82) is 0 Å². The van der Waals surface area contributed by atoms with Gasteiger partial charge >= 0.3 is 0 Å². The van der Waals surface area contributed by atoms with E-state index in [-0.39, 0.29) is 12.5 Å². The van der Waals surface area contributed by atoms with Crippen molar-refractivity contribution in [2.45, 2.75) is 13.3 Å². The predicted octanol–water partition coefficient (Wildman–Crippen LogP) is 0.603. The number of halogens is 1. The maximum absolute atomic E-state index is 11.6. The van der Waals surface area contributed by atoms with Gasteiger partial charge in [-0.15, -0.1) is 0 Å². The van der Waals surface area contributed by atoms with Crippen molar-refractivity contribution < 1.29 is 9.90 Å². The fourth-order valence-corrected chi connectivity index (χ4v) is 1.61. The van der Waals surface area contributed by atoms with Gasteiger partial charge in [0.15, 0.2) is 5.69 Å². The molecule has 1 aromatic heterocycles. The first-order valence-electron chi connectivity index (χ1n) is 4.66. The third kappa shape index (κ3) is 2.79. The third-order valence-electron chi connectivity index (χ3n) is 2.10. The molecule has 0 bridgehead atoms. The van der Waals surface area contributed by atoms with Crippen LogP contribution in [0.1, 0.15) is 22.6 Å². The molecule has 0 saturated heterocycles. The first-order valence-corrected chi connectivity index (χ1v) is 5.45. The van der Waals surface area contributed by atoms with E-state index >= 15 is 0 Å². The minimum atomic E-state index is -0.223.